The second kappa shape index (κ2) is 10.6. The zero-order valence-corrected chi connectivity index (χ0v) is 16.8. The number of carbonyl (C=O) groups is 1. The zero-order chi connectivity index (χ0) is 19.1. The highest BCUT2D eigenvalue weighted by molar-refractivity contribution is 5.85. The molecule has 148 valence electrons. The van der Waals surface area contributed by atoms with Crippen molar-refractivity contribution in [2.24, 2.45) is 0 Å². The van der Waals surface area contributed by atoms with E-state index in [4.69, 9.17) is 9.47 Å². The van der Waals surface area contributed by atoms with E-state index in [1.165, 1.54) is 12.1 Å². The number of amides is 2. The fourth-order valence-corrected chi connectivity index (χ4v) is 2.71. The van der Waals surface area contributed by atoms with E-state index in [9.17, 15) is 9.18 Å². The summed E-state index contributed by atoms with van der Waals surface area (Å²) in [6.07, 6.45) is 0. The molecule has 1 unspecified atom stereocenters. The Hall–Kier alpha value is -2.47. The molecule has 2 amide bonds. The second-order valence-corrected chi connectivity index (χ2v) is 5.92. The summed E-state index contributed by atoms with van der Waals surface area (Å²) in [5, 5.41) is 2.97. The van der Waals surface area contributed by atoms with E-state index in [-0.39, 0.29) is 30.3 Å². The van der Waals surface area contributed by atoms with Gasteiger partial charge in [-0.3, -0.25) is 0 Å². The number of rotatable bonds is 7. The maximum Gasteiger partial charge on any atom is 0.318 e. The smallest absolute Gasteiger partial charge is 0.318 e. The van der Waals surface area contributed by atoms with Crippen molar-refractivity contribution in [3.63, 3.8) is 0 Å². The van der Waals surface area contributed by atoms with Crippen molar-refractivity contribution in [2.45, 2.75) is 26.4 Å². The monoisotopic (exact) mass is 396 g/mol. The van der Waals surface area contributed by atoms with Gasteiger partial charge < -0.3 is 19.7 Å². The van der Waals surface area contributed by atoms with Crippen LogP contribution in [0.3, 0.4) is 0 Å². The number of urea groups is 1. The first-order chi connectivity index (χ1) is 12.5. The maximum absolute atomic E-state index is 13.4. The highest BCUT2D eigenvalue weighted by Crippen LogP contribution is 2.29. The van der Waals surface area contributed by atoms with Crippen LogP contribution in [-0.2, 0) is 6.54 Å². The van der Waals surface area contributed by atoms with E-state index in [0.717, 1.165) is 11.1 Å². The van der Waals surface area contributed by atoms with Crippen molar-refractivity contribution in [1.82, 2.24) is 10.2 Å². The molecule has 0 aromatic heterocycles. The standard InChI is InChI=1S/C20H25FN2O3.ClH/c1-5-23(13-15-7-6-8-16(21)11-15)20(24)22-14(2)18-12-17(25-3)9-10-19(18)26-4;/h6-12,14H,5,13H2,1-4H3,(H,22,24);1H. The molecule has 0 spiro atoms. The predicted octanol–water partition coefficient (Wildman–Crippen LogP) is 4.56. The maximum atomic E-state index is 13.4. The highest BCUT2D eigenvalue weighted by Gasteiger charge is 2.19. The molecule has 7 heteroatoms. The quantitative estimate of drug-likeness (QED) is 0.746. The molecule has 1 atom stereocenters. The Morgan fingerprint density at radius 1 is 1.19 bits per heavy atom. The fraction of sp³-hybridized carbons (Fsp3) is 0.350. The first kappa shape index (κ1) is 22.6. The molecule has 0 fully saturated rings. The molecule has 0 saturated carbocycles. The third-order valence-corrected chi connectivity index (χ3v) is 4.17. The second-order valence-electron chi connectivity index (χ2n) is 5.92. The summed E-state index contributed by atoms with van der Waals surface area (Å²) in [5.74, 6) is 1.05. The Balaban J connectivity index is 0.00000364. The van der Waals surface area contributed by atoms with E-state index in [1.54, 1.807) is 43.4 Å². The lowest BCUT2D eigenvalue weighted by atomic mass is 10.1. The van der Waals surface area contributed by atoms with Crippen LogP contribution >= 0.6 is 12.4 Å². The van der Waals surface area contributed by atoms with Gasteiger partial charge in [-0.25, -0.2) is 9.18 Å². The fourth-order valence-electron chi connectivity index (χ4n) is 2.71. The van der Waals surface area contributed by atoms with Crippen molar-refractivity contribution in [3.8, 4) is 11.5 Å². The minimum Gasteiger partial charge on any atom is -0.497 e. The Morgan fingerprint density at radius 2 is 1.93 bits per heavy atom. The van der Waals surface area contributed by atoms with Crippen LogP contribution in [0, 0.1) is 5.82 Å². The number of ether oxygens (including phenoxy) is 2. The van der Waals surface area contributed by atoms with Crippen LogP contribution < -0.4 is 14.8 Å². The molecule has 27 heavy (non-hydrogen) atoms. The Bertz CT molecular complexity index is 758. The number of hydrogen-bond donors (Lipinski definition) is 1. The average Bonchev–Trinajstić information content (AvgIpc) is 2.65. The molecular weight excluding hydrogens is 371 g/mol. The number of nitrogens with zero attached hydrogens (tertiary/aromatic N) is 1. The molecule has 1 N–H and O–H groups in total. The lowest BCUT2D eigenvalue weighted by Gasteiger charge is -2.25. The molecule has 0 saturated heterocycles. The van der Waals surface area contributed by atoms with Gasteiger partial charge in [0.05, 0.1) is 20.3 Å². The van der Waals surface area contributed by atoms with Gasteiger partial charge in [0, 0.05) is 18.7 Å². The minimum absolute atomic E-state index is 0. The first-order valence-electron chi connectivity index (χ1n) is 8.50. The predicted molar refractivity (Wildman–Crippen MR) is 106 cm³/mol. The van der Waals surface area contributed by atoms with Crippen LogP contribution in [0.25, 0.3) is 0 Å². The van der Waals surface area contributed by atoms with E-state index >= 15 is 0 Å². The molecular formula is C20H26ClFN2O3. The van der Waals surface area contributed by atoms with Gasteiger partial charge in [-0.15, -0.1) is 12.4 Å². The Kier molecular flexibility index (Phi) is 8.88. The van der Waals surface area contributed by atoms with Crippen molar-refractivity contribution in [1.29, 1.82) is 0 Å². The molecule has 0 heterocycles. The number of nitrogens with one attached hydrogen (secondary N) is 1. The Morgan fingerprint density at radius 3 is 2.52 bits per heavy atom. The third-order valence-electron chi connectivity index (χ3n) is 4.17. The molecule has 2 aromatic rings. The van der Waals surface area contributed by atoms with Crippen molar-refractivity contribution < 1.29 is 18.7 Å². The normalized spacial score (nSPS) is 11.1. The number of halogens is 2. The van der Waals surface area contributed by atoms with Crippen LogP contribution in [-0.4, -0.2) is 31.7 Å². The number of benzene rings is 2. The van der Waals surface area contributed by atoms with Crippen molar-refractivity contribution in [3.05, 3.63) is 59.4 Å². The van der Waals surface area contributed by atoms with Crippen molar-refractivity contribution in [2.75, 3.05) is 20.8 Å². The lowest BCUT2D eigenvalue weighted by molar-refractivity contribution is 0.194. The van der Waals surface area contributed by atoms with Gasteiger partial charge in [0.25, 0.3) is 0 Å². The first-order valence-corrected chi connectivity index (χ1v) is 8.50. The SMILES string of the molecule is CCN(Cc1cccc(F)c1)C(=O)NC(C)c1cc(OC)ccc1OC.Cl. The van der Waals surface area contributed by atoms with Gasteiger partial charge in [0.1, 0.15) is 17.3 Å². The molecule has 0 aliphatic carbocycles. The molecule has 5 nitrogen and oxygen atoms in total. The summed E-state index contributed by atoms with van der Waals surface area (Å²) in [7, 11) is 3.18. The highest BCUT2D eigenvalue weighted by atomic mass is 35.5. The largest absolute Gasteiger partial charge is 0.497 e. The molecule has 0 radical (unpaired) electrons. The van der Waals surface area contributed by atoms with E-state index in [1.807, 2.05) is 19.9 Å². The summed E-state index contributed by atoms with van der Waals surface area (Å²) in [6, 6.07) is 11.2. The summed E-state index contributed by atoms with van der Waals surface area (Å²) < 4.78 is 24.0. The van der Waals surface area contributed by atoms with Gasteiger partial charge in [0.15, 0.2) is 0 Å². The van der Waals surface area contributed by atoms with E-state index < -0.39 is 0 Å². The van der Waals surface area contributed by atoms with Crippen LogP contribution in [0.2, 0.25) is 0 Å². The van der Waals surface area contributed by atoms with Crippen LogP contribution in [0.5, 0.6) is 11.5 Å². The molecule has 0 aliphatic rings. The van der Waals surface area contributed by atoms with E-state index in [0.29, 0.717) is 24.6 Å². The van der Waals surface area contributed by atoms with Gasteiger partial charge in [-0.1, -0.05) is 12.1 Å². The number of methoxy groups -OCH3 is 2. The van der Waals surface area contributed by atoms with Gasteiger partial charge in [-0.05, 0) is 49.7 Å². The van der Waals surface area contributed by atoms with Crippen LogP contribution in [0.4, 0.5) is 9.18 Å². The Labute approximate surface area is 165 Å². The van der Waals surface area contributed by atoms with Crippen LogP contribution in [0.1, 0.15) is 31.0 Å². The molecule has 0 aliphatic heterocycles. The minimum atomic E-state index is -0.312. The van der Waals surface area contributed by atoms with E-state index in [2.05, 4.69) is 5.32 Å². The zero-order valence-electron chi connectivity index (χ0n) is 16.0. The summed E-state index contributed by atoms with van der Waals surface area (Å²) in [4.78, 5) is 14.3. The van der Waals surface area contributed by atoms with Gasteiger partial charge >= 0.3 is 6.03 Å². The summed E-state index contributed by atoms with van der Waals surface area (Å²) in [6.45, 7) is 4.60. The summed E-state index contributed by atoms with van der Waals surface area (Å²) in [5.41, 5.74) is 1.57. The topological polar surface area (TPSA) is 50.8 Å². The summed E-state index contributed by atoms with van der Waals surface area (Å²) >= 11 is 0. The van der Waals surface area contributed by atoms with Crippen LogP contribution in [0.15, 0.2) is 42.5 Å². The van der Waals surface area contributed by atoms with Crippen molar-refractivity contribution >= 4 is 18.4 Å². The average molecular weight is 397 g/mol. The molecule has 2 aromatic carbocycles. The lowest BCUT2D eigenvalue weighted by Crippen LogP contribution is -2.40. The third kappa shape index (κ3) is 6.03. The molecule has 0 bridgehead atoms. The number of hydrogen-bond acceptors (Lipinski definition) is 3. The van der Waals surface area contributed by atoms with Gasteiger partial charge in [-0.2, -0.15) is 0 Å². The number of carbonyl (C=O) groups excluding carboxylic acids is 1. The van der Waals surface area contributed by atoms with Gasteiger partial charge in [0.2, 0.25) is 0 Å². The molecule has 2 rings (SSSR count).